The van der Waals surface area contributed by atoms with Crippen LogP contribution in [0, 0.1) is 5.41 Å². The lowest BCUT2D eigenvalue weighted by Gasteiger charge is -2.32. The Labute approximate surface area is 92.5 Å². The van der Waals surface area contributed by atoms with Crippen LogP contribution < -0.4 is 5.32 Å². The van der Waals surface area contributed by atoms with Crippen molar-refractivity contribution in [3.8, 4) is 0 Å². The Morgan fingerprint density at radius 1 is 1.25 bits per heavy atom. The molecule has 7 heteroatoms. The fraction of sp³-hybridized carbons (Fsp3) is 0.889. The van der Waals surface area contributed by atoms with E-state index in [-0.39, 0.29) is 0 Å². The van der Waals surface area contributed by atoms with E-state index in [9.17, 15) is 13.8 Å². The molecule has 0 saturated heterocycles. The summed E-state index contributed by atoms with van der Waals surface area (Å²) >= 11 is 0. The highest BCUT2D eigenvalue weighted by molar-refractivity contribution is 5.82. The molecule has 0 heterocycles. The van der Waals surface area contributed by atoms with Crippen LogP contribution >= 0.6 is 0 Å². The van der Waals surface area contributed by atoms with Crippen molar-refractivity contribution in [3.05, 3.63) is 0 Å². The molecule has 0 atom stereocenters. The van der Waals surface area contributed by atoms with E-state index >= 15 is 0 Å². The molecule has 1 amide bonds. The third kappa shape index (κ3) is 4.38. The minimum Gasteiger partial charge on any atom is -0.394 e. The van der Waals surface area contributed by atoms with Gasteiger partial charge in [-0.05, 0) is 9.05 Å². The number of rotatable bonds is 6. The van der Waals surface area contributed by atoms with Crippen molar-refractivity contribution in [1.29, 1.82) is 0 Å². The summed E-state index contributed by atoms with van der Waals surface area (Å²) in [5.41, 5.74) is -2.37. The minimum absolute atomic E-state index is 0.476. The normalized spacial score (nSPS) is 12.6. The summed E-state index contributed by atoms with van der Waals surface area (Å²) in [4.78, 5) is 18.3. The molecule has 0 aliphatic carbocycles. The lowest BCUT2D eigenvalue weighted by molar-refractivity contribution is -0.202. The van der Waals surface area contributed by atoms with E-state index in [0.29, 0.717) is 0 Å². The first-order chi connectivity index (χ1) is 7.31. The Bertz CT molecular complexity index is 224. The summed E-state index contributed by atoms with van der Waals surface area (Å²) in [5, 5.41) is 11.3. The zero-order valence-electron chi connectivity index (χ0n) is 9.55. The second-order valence-electron chi connectivity index (χ2n) is 4.65. The molecule has 96 valence electrons. The quantitative estimate of drug-likeness (QED) is 0.717. The topological polar surface area (TPSA) is 67.8 Å². The monoisotopic (exact) mass is 241 g/mol. The summed E-state index contributed by atoms with van der Waals surface area (Å²) in [6.07, 6.45) is 0. The van der Waals surface area contributed by atoms with Gasteiger partial charge in [0.1, 0.15) is 18.8 Å². The van der Waals surface area contributed by atoms with Crippen LogP contribution in [0.15, 0.2) is 0 Å². The van der Waals surface area contributed by atoms with Gasteiger partial charge in [0, 0.05) is 5.41 Å². The van der Waals surface area contributed by atoms with Crippen LogP contribution in [0.3, 0.4) is 0 Å². The summed E-state index contributed by atoms with van der Waals surface area (Å²) in [6.45, 7) is 2.76. The summed E-state index contributed by atoms with van der Waals surface area (Å²) < 4.78 is 23.6. The SMILES string of the molecule is CC(C)(C)C(=O)NC(CO)(COF)COF. The molecule has 0 rings (SSSR count). The Hall–Kier alpha value is -0.790. The number of nitrogens with one attached hydrogen (secondary N) is 1. The van der Waals surface area contributed by atoms with Gasteiger partial charge in [-0.25, -0.2) is 0 Å². The molecule has 0 unspecified atom stereocenters. The van der Waals surface area contributed by atoms with E-state index < -0.39 is 36.7 Å². The number of aliphatic hydroxyl groups excluding tert-OH is 1. The highest BCUT2D eigenvalue weighted by atomic mass is 19.3. The largest absolute Gasteiger partial charge is 0.394 e. The predicted octanol–water partition coefficient (Wildman–Crippen LogP) is 0.682. The van der Waals surface area contributed by atoms with Crippen molar-refractivity contribution in [2.24, 2.45) is 5.41 Å². The lowest BCUT2D eigenvalue weighted by Crippen LogP contribution is -2.59. The van der Waals surface area contributed by atoms with E-state index in [0.717, 1.165) is 0 Å². The molecule has 0 saturated carbocycles. The first-order valence-corrected chi connectivity index (χ1v) is 4.72. The first-order valence-electron chi connectivity index (χ1n) is 4.72. The van der Waals surface area contributed by atoms with Crippen LogP contribution in [0.1, 0.15) is 20.8 Å². The lowest BCUT2D eigenvalue weighted by atomic mass is 9.93. The van der Waals surface area contributed by atoms with E-state index in [1.54, 1.807) is 20.8 Å². The van der Waals surface area contributed by atoms with E-state index in [1.165, 1.54) is 0 Å². The van der Waals surface area contributed by atoms with Crippen LogP contribution in [0.4, 0.5) is 9.05 Å². The Balaban J connectivity index is 4.70. The van der Waals surface area contributed by atoms with Crippen LogP contribution in [0.5, 0.6) is 0 Å². The van der Waals surface area contributed by atoms with Crippen LogP contribution in [-0.2, 0) is 14.7 Å². The molecule has 5 nitrogen and oxygen atoms in total. The van der Waals surface area contributed by atoms with Gasteiger partial charge in [0.25, 0.3) is 0 Å². The van der Waals surface area contributed by atoms with Gasteiger partial charge in [-0.1, -0.05) is 20.8 Å². The second-order valence-corrected chi connectivity index (χ2v) is 4.65. The van der Waals surface area contributed by atoms with Gasteiger partial charge in [-0.2, -0.15) is 9.88 Å². The average molecular weight is 241 g/mol. The highest BCUT2D eigenvalue weighted by Gasteiger charge is 2.36. The van der Waals surface area contributed by atoms with Crippen molar-refractivity contribution in [2.45, 2.75) is 26.3 Å². The van der Waals surface area contributed by atoms with E-state index in [4.69, 9.17) is 5.11 Å². The molecule has 0 fully saturated rings. The van der Waals surface area contributed by atoms with Gasteiger partial charge in [0.05, 0.1) is 6.61 Å². The zero-order chi connectivity index (χ0) is 12.8. The smallest absolute Gasteiger partial charge is 0.226 e. The van der Waals surface area contributed by atoms with Crippen LogP contribution in [0.25, 0.3) is 0 Å². The van der Waals surface area contributed by atoms with Crippen molar-refractivity contribution in [1.82, 2.24) is 5.32 Å². The van der Waals surface area contributed by atoms with Gasteiger partial charge in [-0.3, -0.25) is 4.79 Å². The molecule has 0 radical (unpaired) electrons. The maximum absolute atomic E-state index is 11.8. The molecule has 0 aliphatic rings. The van der Waals surface area contributed by atoms with Crippen molar-refractivity contribution in [3.63, 3.8) is 0 Å². The molecule has 0 aromatic rings. The second kappa shape index (κ2) is 6.07. The van der Waals surface area contributed by atoms with Gasteiger partial charge >= 0.3 is 0 Å². The highest BCUT2D eigenvalue weighted by Crippen LogP contribution is 2.16. The molecule has 0 aromatic heterocycles. The number of amides is 1. The molecule has 0 aromatic carbocycles. The molecular formula is C9H17F2NO4. The zero-order valence-corrected chi connectivity index (χ0v) is 9.55. The minimum atomic E-state index is -1.62. The molecule has 0 aliphatic heterocycles. The van der Waals surface area contributed by atoms with Gasteiger partial charge in [0.15, 0.2) is 0 Å². The standard InChI is InChI=1S/C9H17F2NO4/c1-8(2,3)7(14)12-9(4-13,5-15-10)6-16-11/h13H,4-6H2,1-3H3,(H,12,14). The summed E-state index contributed by atoms with van der Waals surface area (Å²) in [5.74, 6) is -0.476. The van der Waals surface area contributed by atoms with Crippen molar-refractivity contribution in [2.75, 3.05) is 19.8 Å². The molecule has 16 heavy (non-hydrogen) atoms. The molecule has 0 spiro atoms. The maximum atomic E-state index is 11.8. The third-order valence-corrected chi connectivity index (χ3v) is 2.02. The van der Waals surface area contributed by atoms with Gasteiger partial charge < -0.3 is 10.4 Å². The van der Waals surface area contributed by atoms with Crippen molar-refractivity contribution < 1.29 is 28.8 Å². The van der Waals surface area contributed by atoms with E-state index in [2.05, 4.69) is 15.2 Å². The summed E-state index contributed by atoms with van der Waals surface area (Å²) in [7, 11) is 0. The Morgan fingerprint density at radius 3 is 1.94 bits per heavy atom. The molecular weight excluding hydrogens is 224 g/mol. The predicted molar refractivity (Wildman–Crippen MR) is 51.5 cm³/mol. The fourth-order valence-electron chi connectivity index (χ4n) is 0.882. The van der Waals surface area contributed by atoms with Crippen LogP contribution in [-0.4, -0.2) is 36.4 Å². The first kappa shape index (κ1) is 15.2. The number of hydrogen-bond acceptors (Lipinski definition) is 4. The molecule has 0 bridgehead atoms. The van der Waals surface area contributed by atoms with Gasteiger partial charge in [0.2, 0.25) is 5.91 Å². The Morgan fingerprint density at radius 2 is 1.69 bits per heavy atom. The van der Waals surface area contributed by atoms with Gasteiger partial charge in [-0.15, -0.1) is 0 Å². The third-order valence-electron chi connectivity index (χ3n) is 2.02. The van der Waals surface area contributed by atoms with Crippen molar-refractivity contribution >= 4 is 5.91 Å². The number of halogens is 2. The fourth-order valence-corrected chi connectivity index (χ4v) is 0.882. The number of carbonyl (C=O) groups is 1. The maximum Gasteiger partial charge on any atom is 0.226 e. The number of aliphatic hydroxyl groups is 1. The van der Waals surface area contributed by atoms with Crippen LogP contribution in [0.2, 0.25) is 0 Å². The summed E-state index contributed by atoms with van der Waals surface area (Å²) in [6, 6.07) is 0. The Kier molecular flexibility index (Phi) is 5.77. The average Bonchev–Trinajstić information content (AvgIpc) is 2.16. The van der Waals surface area contributed by atoms with E-state index in [1.807, 2.05) is 0 Å². The number of carbonyl (C=O) groups excluding carboxylic acids is 1. The molecule has 2 N–H and O–H groups in total. The number of hydrogen-bond donors (Lipinski definition) is 2.